The molecule has 0 bridgehead atoms. The third-order valence-corrected chi connectivity index (χ3v) is 4.36. The molecule has 0 atom stereocenters. The number of Topliss-reactive ketones (excluding diaryl/α,β-unsaturated/α-hetero) is 1. The minimum absolute atomic E-state index is 0.0531. The van der Waals surface area contributed by atoms with E-state index in [1.807, 2.05) is 45.9 Å². The lowest BCUT2D eigenvalue weighted by Gasteiger charge is -2.08. The number of nitrogens with one attached hydrogen (secondary N) is 2. The second-order valence-corrected chi connectivity index (χ2v) is 6.44. The number of aryl methyl sites for hydroxylation is 4. The third-order valence-electron chi connectivity index (χ3n) is 4.36. The molecule has 0 saturated heterocycles. The van der Waals surface area contributed by atoms with Crippen LogP contribution in [0.2, 0.25) is 0 Å². The average Bonchev–Trinajstić information content (AvgIpc) is 2.54. The van der Waals surface area contributed by atoms with E-state index < -0.39 is 0 Å². The van der Waals surface area contributed by atoms with Crippen molar-refractivity contribution in [3.8, 4) is 0 Å². The smallest absolute Gasteiger partial charge is 0.253 e. The van der Waals surface area contributed by atoms with Crippen molar-refractivity contribution in [1.29, 1.82) is 0 Å². The predicted molar refractivity (Wildman–Crippen MR) is 97.9 cm³/mol. The van der Waals surface area contributed by atoms with Crippen molar-refractivity contribution in [3.05, 3.63) is 68.1 Å². The molecule has 2 aromatic rings. The van der Waals surface area contributed by atoms with E-state index in [1.165, 1.54) is 0 Å². The number of aromatic nitrogens is 1. The van der Waals surface area contributed by atoms with Gasteiger partial charge in [-0.1, -0.05) is 12.1 Å². The molecule has 2 rings (SSSR count). The van der Waals surface area contributed by atoms with E-state index in [4.69, 9.17) is 0 Å². The third kappa shape index (κ3) is 4.89. The Hall–Kier alpha value is -2.69. The van der Waals surface area contributed by atoms with Gasteiger partial charge in [0, 0.05) is 36.2 Å². The lowest BCUT2D eigenvalue weighted by molar-refractivity contribution is -0.121. The molecule has 0 aliphatic carbocycles. The molecule has 1 aromatic heterocycles. The fourth-order valence-electron chi connectivity index (χ4n) is 2.66. The fourth-order valence-corrected chi connectivity index (χ4v) is 2.66. The highest BCUT2D eigenvalue weighted by Gasteiger charge is 2.11. The number of hydrogen-bond acceptors (Lipinski definition) is 3. The van der Waals surface area contributed by atoms with Gasteiger partial charge in [-0.25, -0.2) is 0 Å². The zero-order chi connectivity index (χ0) is 18.6. The number of H-pyrrole nitrogens is 1. The van der Waals surface area contributed by atoms with Gasteiger partial charge < -0.3 is 10.3 Å². The van der Waals surface area contributed by atoms with Gasteiger partial charge in [0.1, 0.15) is 0 Å². The van der Waals surface area contributed by atoms with Gasteiger partial charge in [-0.05, 0) is 56.5 Å². The van der Waals surface area contributed by atoms with Crippen LogP contribution >= 0.6 is 0 Å². The number of pyridine rings is 1. The number of rotatable bonds is 6. The lowest BCUT2D eigenvalue weighted by Crippen LogP contribution is -2.28. The van der Waals surface area contributed by atoms with Crippen molar-refractivity contribution < 1.29 is 9.59 Å². The number of benzene rings is 1. The lowest BCUT2D eigenvalue weighted by atomic mass is 10.0. The molecule has 1 heterocycles. The summed E-state index contributed by atoms with van der Waals surface area (Å²) >= 11 is 0. The highest BCUT2D eigenvalue weighted by molar-refractivity contribution is 5.98. The van der Waals surface area contributed by atoms with Crippen LogP contribution in [0.5, 0.6) is 0 Å². The molecule has 132 valence electrons. The fraction of sp³-hybridized carbons (Fsp3) is 0.350. The molecule has 25 heavy (non-hydrogen) atoms. The van der Waals surface area contributed by atoms with E-state index in [-0.39, 0.29) is 36.6 Å². The highest BCUT2D eigenvalue weighted by Crippen LogP contribution is 2.12. The van der Waals surface area contributed by atoms with E-state index in [2.05, 4.69) is 10.3 Å². The summed E-state index contributed by atoms with van der Waals surface area (Å²) in [5, 5.41) is 2.72. The second-order valence-electron chi connectivity index (χ2n) is 6.44. The summed E-state index contributed by atoms with van der Waals surface area (Å²) in [5.41, 5.74) is 4.80. The number of hydrogen-bond donors (Lipinski definition) is 2. The van der Waals surface area contributed by atoms with Crippen molar-refractivity contribution in [1.82, 2.24) is 10.3 Å². The van der Waals surface area contributed by atoms with Gasteiger partial charge in [-0.3, -0.25) is 14.4 Å². The average molecular weight is 340 g/mol. The number of ketones is 1. The molecule has 5 heteroatoms. The summed E-state index contributed by atoms with van der Waals surface area (Å²) in [5.74, 6) is -0.292. The summed E-state index contributed by atoms with van der Waals surface area (Å²) in [6, 6.07) is 7.42. The number of amides is 1. The molecule has 0 saturated carbocycles. The summed E-state index contributed by atoms with van der Waals surface area (Å²) in [7, 11) is 0. The molecule has 0 aliphatic rings. The summed E-state index contributed by atoms with van der Waals surface area (Å²) in [6.45, 7) is 7.77. The molecule has 0 fully saturated rings. The van der Waals surface area contributed by atoms with Crippen LogP contribution in [0.15, 0.2) is 29.1 Å². The highest BCUT2D eigenvalue weighted by atomic mass is 16.2. The minimum atomic E-state index is -0.239. The predicted octanol–water partition coefficient (Wildman–Crippen LogP) is 2.89. The van der Waals surface area contributed by atoms with Gasteiger partial charge in [0.15, 0.2) is 5.78 Å². The molecule has 2 N–H and O–H groups in total. The summed E-state index contributed by atoms with van der Waals surface area (Å²) in [4.78, 5) is 38.8. The van der Waals surface area contributed by atoms with Crippen LogP contribution in [-0.4, -0.2) is 16.7 Å². The molecule has 0 aliphatic heterocycles. The zero-order valence-electron chi connectivity index (χ0n) is 15.2. The number of carbonyl (C=O) groups excluding carboxylic acids is 2. The van der Waals surface area contributed by atoms with Crippen molar-refractivity contribution in [2.45, 2.75) is 47.1 Å². The van der Waals surface area contributed by atoms with E-state index in [1.54, 1.807) is 6.07 Å². The Morgan fingerprint density at radius 2 is 1.68 bits per heavy atom. The van der Waals surface area contributed by atoms with Crippen molar-refractivity contribution in [2.24, 2.45) is 0 Å². The largest absolute Gasteiger partial charge is 0.352 e. The quantitative estimate of drug-likeness (QED) is 0.794. The van der Waals surface area contributed by atoms with Crippen LogP contribution in [0.1, 0.15) is 51.1 Å². The van der Waals surface area contributed by atoms with Crippen LogP contribution < -0.4 is 10.9 Å². The van der Waals surface area contributed by atoms with Gasteiger partial charge in [-0.15, -0.1) is 0 Å². The van der Waals surface area contributed by atoms with E-state index in [0.29, 0.717) is 11.1 Å². The minimum Gasteiger partial charge on any atom is -0.352 e. The molecular formula is C20H24N2O3. The number of aromatic amines is 1. The van der Waals surface area contributed by atoms with Crippen LogP contribution in [0.25, 0.3) is 0 Å². The second kappa shape index (κ2) is 7.92. The molecule has 0 spiro atoms. The van der Waals surface area contributed by atoms with Gasteiger partial charge >= 0.3 is 0 Å². The Balaban J connectivity index is 1.90. The van der Waals surface area contributed by atoms with Crippen molar-refractivity contribution in [2.75, 3.05) is 0 Å². The molecule has 1 aromatic carbocycles. The molecule has 1 amide bonds. The van der Waals surface area contributed by atoms with Crippen LogP contribution in [0.4, 0.5) is 0 Å². The van der Waals surface area contributed by atoms with Gasteiger partial charge in [-0.2, -0.15) is 0 Å². The van der Waals surface area contributed by atoms with Crippen molar-refractivity contribution >= 4 is 11.7 Å². The SMILES string of the molecule is Cc1cc(C)c(CNC(=O)CCC(=O)c2ccc(C)c(C)c2)c(=O)[nH]1. The first kappa shape index (κ1) is 18.6. The first-order chi connectivity index (χ1) is 11.8. The Kier molecular flexibility index (Phi) is 5.91. The standard InChI is InChI=1S/C20H24N2O3/c1-12-5-6-16(10-13(12)2)18(23)7-8-19(24)21-11-17-14(3)9-15(4)22-20(17)25/h5-6,9-10H,7-8,11H2,1-4H3,(H,21,24)(H,22,25). The maximum atomic E-state index is 12.2. The Morgan fingerprint density at radius 3 is 2.32 bits per heavy atom. The molecule has 5 nitrogen and oxygen atoms in total. The maximum absolute atomic E-state index is 12.2. The molecule has 0 unspecified atom stereocenters. The van der Waals surface area contributed by atoms with E-state index in [9.17, 15) is 14.4 Å². The van der Waals surface area contributed by atoms with Crippen LogP contribution in [0.3, 0.4) is 0 Å². The first-order valence-corrected chi connectivity index (χ1v) is 8.34. The topological polar surface area (TPSA) is 79.0 Å². The zero-order valence-corrected chi connectivity index (χ0v) is 15.2. The summed E-state index contributed by atoms with van der Waals surface area (Å²) < 4.78 is 0. The van der Waals surface area contributed by atoms with Crippen LogP contribution in [-0.2, 0) is 11.3 Å². The van der Waals surface area contributed by atoms with Crippen molar-refractivity contribution in [3.63, 3.8) is 0 Å². The normalized spacial score (nSPS) is 10.6. The van der Waals surface area contributed by atoms with Gasteiger partial charge in [0.25, 0.3) is 5.56 Å². The number of carbonyl (C=O) groups is 2. The Bertz CT molecular complexity index is 866. The molecular weight excluding hydrogens is 316 g/mol. The van der Waals surface area contributed by atoms with Gasteiger partial charge in [0.05, 0.1) is 0 Å². The Morgan fingerprint density at radius 1 is 0.960 bits per heavy atom. The van der Waals surface area contributed by atoms with E-state index >= 15 is 0 Å². The maximum Gasteiger partial charge on any atom is 0.253 e. The van der Waals surface area contributed by atoms with Crippen LogP contribution in [0, 0.1) is 27.7 Å². The molecule has 0 radical (unpaired) electrons. The summed E-state index contributed by atoms with van der Waals surface area (Å²) in [6.07, 6.45) is 0.256. The Labute approximate surface area is 147 Å². The first-order valence-electron chi connectivity index (χ1n) is 8.34. The van der Waals surface area contributed by atoms with Gasteiger partial charge in [0.2, 0.25) is 5.91 Å². The van der Waals surface area contributed by atoms with E-state index in [0.717, 1.165) is 22.4 Å². The monoisotopic (exact) mass is 340 g/mol.